The predicted molar refractivity (Wildman–Crippen MR) is 82.0 cm³/mol. The Morgan fingerprint density at radius 1 is 1.05 bits per heavy atom. The molecule has 2 aromatic carbocycles. The molecule has 0 radical (unpaired) electrons. The van der Waals surface area contributed by atoms with Crippen molar-refractivity contribution in [3.63, 3.8) is 0 Å². The van der Waals surface area contributed by atoms with E-state index in [4.69, 9.17) is 0 Å². The van der Waals surface area contributed by atoms with Gasteiger partial charge >= 0.3 is 0 Å². The Morgan fingerprint density at radius 2 is 1.73 bits per heavy atom. The Balaban J connectivity index is 2.21. The highest BCUT2D eigenvalue weighted by molar-refractivity contribution is 9.10. The van der Waals surface area contributed by atoms with E-state index in [0.717, 1.165) is 0 Å². The first kappa shape index (κ1) is 14.6. The third-order valence-corrected chi connectivity index (χ3v) is 3.94. The van der Waals surface area contributed by atoms with Crippen LogP contribution in [0.3, 0.4) is 0 Å². The fraction of sp³-hybridized carbons (Fsp3) is 0. The van der Waals surface area contributed by atoms with Crippen LogP contribution in [0.25, 0.3) is 16.9 Å². The molecule has 3 rings (SSSR count). The summed E-state index contributed by atoms with van der Waals surface area (Å²) in [7, 11) is 0. The van der Waals surface area contributed by atoms with Crippen LogP contribution in [0, 0.1) is 11.6 Å². The van der Waals surface area contributed by atoms with Crippen LogP contribution in [0.15, 0.2) is 53.1 Å². The average Bonchev–Trinajstić information content (AvgIpc) is 2.85. The van der Waals surface area contributed by atoms with E-state index in [2.05, 4.69) is 21.0 Å². The molecule has 1 heterocycles. The van der Waals surface area contributed by atoms with Crippen LogP contribution in [0.1, 0.15) is 10.4 Å². The first-order valence-corrected chi connectivity index (χ1v) is 7.15. The molecule has 3 nitrogen and oxygen atoms in total. The van der Waals surface area contributed by atoms with Crippen LogP contribution in [0.2, 0.25) is 0 Å². The number of nitrogens with zero attached hydrogens (tertiary/aromatic N) is 2. The summed E-state index contributed by atoms with van der Waals surface area (Å²) in [6, 6.07) is 11.7. The maximum atomic E-state index is 14.0. The van der Waals surface area contributed by atoms with E-state index < -0.39 is 5.82 Å². The maximum Gasteiger partial charge on any atom is 0.155 e. The number of carbonyl (C=O) groups excluding carboxylic acids is 1. The highest BCUT2D eigenvalue weighted by Crippen LogP contribution is 2.31. The van der Waals surface area contributed by atoms with Gasteiger partial charge in [0.25, 0.3) is 0 Å². The minimum Gasteiger partial charge on any atom is -0.298 e. The zero-order valence-corrected chi connectivity index (χ0v) is 12.7. The second-order valence-electron chi connectivity index (χ2n) is 4.54. The summed E-state index contributed by atoms with van der Waals surface area (Å²) in [4.78, 5) is 11.4. The monoisotopic (exact) mass is 362 g/mol. The summed E-state index contributed by atoms with van der Waals surface area (Å²) in [5.74, 6) is -0.848. The number of rotatable bonds is 3. The van der Waals surface area contributed by atoms with Crippen molar-refractivity contribution in [2.75, 3.05) is 0 Å². The molecule has 110 valence electrons. The first-order chi connectivity index (χ1) is 10.6. The summed E-state index contributed by atoms with van der Waals surface area (Å²) in [6.45, 7) is 0. The lowest BCUT2D eigenvalue weighted by Crippen LogP contribution is -1.97. The van der Waals surface area contributed by atoms with Crippen LogP contribution < -0.4 is 0 Å². The largest absolute Gasteiger partial charge is 0.298 e. The predicted octanol–water partition coefficient (Wildman–Crippen LogP) is 4.39. The number of hydrogen-bond donors (Lipinski definition) is 0. The molecule has 0 unspecified atom stereocenters. The smallest absolute Gasteiger partial charge is 0.155 e. The molecule has 0 bridgehead atoms. The third kappa shape index (κ3) is 2.46. The molecule has 22 heavy (non-hydrogen) atoms. The van der Waals surface area contributed by atoms with Crippen LogP contribution in [0.4, 0.5) is 8.78 Å². The second kappa shape index (κ2) is 5.81. The van der Waals surface area contributed by atoms with Crippen molar-refractivity contribution in [3.8, 4) is 16.9 Å². The van der Waals surface area contributed by atoms with E-state index in [1.54, 1.807) is 18.2 Å². The number of halogens is 3. The number of aldehydes is 1. The summed E-state index contributed by atoms with van der Waals surface area (Å²) >= 11 is 3.29. The van der Waals surface area contributed by atoms with Crippen molar-refractivity contribution < 1.29 is 13.6 Å². The lowest BCUT2D eigenvalue weighted by molar-refractivity contribution is 0.112. The van der Waals surface area contributed by atoms with Gasteiger partial charge in [0, 0.05) is 5.56 Å². The Hall–Kier alpha value is -2.34. The molecule has 3 aromatic rings. The Bertz CT molecular complexity index is 844. The van der Waals surface area contributed by atoms with E-state index in [1.165, 1.54) is 35.0 Å². The van der Waals surface area contributed by atoms with E-state index in [0.29, 0.717) is 16.6 Å². The van der Waals surface area contributed by atoms with Gasteiger partial charge in [0.15, 0.2) is 6.29 Å². The fourth-order valence-corrected chi connectivity index (χ4v) is 2.68. The van der Waals surface area contributed by atoms with Crippen molar-refractivity contribution in [3.05, 3.63) is 70.3 Å². The first-order valence-electron chi connectivity index (χ1n) is 6.36. The van der Waals surface area contributed by atoms with Crippen LogP contribution >= 0.6 is 15.9 Å². The van der Waals surface area contributed by atoms with Crippen molar-refractivity contribution in [2.45, 2.75) is 0 Å². The van der Waals surface area contributed by atoms with Crippen molar-refractivity contribution in [1.82, 2.24) is 9.78 Å². The minimum absolute atomic E-state index is 0.226. The van der Waals surface area contributed by atoms with E-state index in [1.807, 2.05) is 0 Å². The van der Waals surface area contributed by atoms with Gasteiger partial charge in [0.05, 0.1) is 11.3 Å². The molecule has 0 saturated carbocycles. The van der Waals surface area contributed by atoms with Crippen LogP contribution in [-0.4, -0.2) is 16.1 Å². The molecule has 0 N–H and O–H groups in total. The molecule has 0 fully saturated rings. The number of aromatic nitrogens is 2. The summed E-state index contributed by atoms with van der Waals surface area (Å²) in [5.41, 5.74) is 1.24. The topological polar surface area (TPSA) is 34.9 Å². The second-order valence-corrected chi connectivity index (χ2v) is 5.29. The van der Waals surface area contributed by atoms with Gasteiger partial charge in [0.1, 0.15) is 21.9 Å². The highest BCUT2D eigenvalue weighted by Gasteiger charge is 2.20. The van der Waals surface area contributed by atoms with Gasteiger partial charge in [-0.1, -0.05) is 12.1 Å². The molecule has 0 spiro atoms. The third-order valence-electron chi connectivity index (χ3n) is 3.18. The zero-order valence-electron chi connectivity index (χ0n) is 11.1. The number of carbonyl (C=O) groups is 1. The van der Waals surface area contributed by atoms with Crippen molar-refractivity contribution in [1.29, 1.82) is 0 Å². The lowest BCUT2D eigenvalue weighted by atomic mass is 10.1. The van der Waals surface area contributed by atoms with Gasteiger partial charge < -0.3 is 0 Å². The SMILES string of the molecule is O=Cc1c(-c2ccccc2F)nn(-c2ccc(F)cc2)c1Br. The molecular weight excluding hydrogens is 354 g/mol. The average molecular weight is 363 g/mol. The quantitative estimate of drug-likeness (QED) is 0.647. The molecule has 0 saturated heterocycles. The number of hydrogen-bond acceptors (Lipinski definition) is 2. The van der Waals surface area contributed by atoms with E-state index >= 15 is 0 Å². The van der Waals surface area contributed by atoms with Gasteiger partial charge in [0.2, 0.25) is 0 Å². The molecule has 0 aliphatic carbocycles. The maximum absolute atomic E-state index is 14.0. The summed E-state index contributed by atoms with van der Waals surface area (Å²) in [5, 5.41) is 4.29. The van der Waals surface area contributed by atoms with Gasteiger partial charge in [-0.05, 0) is 52.3 Å². The zero-order chi connectivity index (χ0) is 15.7. The summed E-state index contributed by atoms with van der Waals surface area (Å²) < 4.78 is 28.8. The van der Waals surface area contributed by atoms with Gasteiger partial charge in [-0.2, -0.15) is 5.10 Å². The highest BCUT2D eigenvalue weighted by atomic mass is 79.9. The van der Waals surface area contributed by atoms with E-state index in [-0.39, 0.29) is 22.6 Å². The Labute approximate surface area is 133 Å². The molecule has 0 aliphatic heterocycles. The molecule has 1 aromatic heterocycles. The molecular formula is C16H9BrF2N2O. The number of benzene rings is 2. The Kier molecular flexibility index (Phi) is 3.85. The fourth-order valence-electron chi connectivity index (χ4n) is 2.12. The van der Waals surface area contributed by atoms with Gasteiger partial charge in [-0.3, -0.25) is 4.79 Å². The normalized spacial score (nSPS) is 10.7. The standard InChI is InChI=1S/C16H9BrF2N2O/c17-16-13(9-22)15(12-3-1-2-4-14(12)19)20-21(16)11-7-5-10(18)6-8-11/h1-9H. The minimum atomic E-state index is -0.471. The van der Waals surface area contributed by atoms with E-state index in [9.17, 15) is 13.6 Å². The lowest BCUT2D eigenvalue weighted by Gasteiger charge is -2.02. The van der Waals surface area contributed by atoms with Crippen molar-refractivity contribution >= 4 is 22.2 Å². The van der Waals surface area contributed by atoms with Crippen LogP contribution in [0.5, 0.6) is 0 Å². The van der Waals surface area contributed by atoms with Gasteiger partial charge in [-0.15, -0.1) is 0 Å². The molecule has 6 heteroatoms. The summed E-state index contributed by atoms with van der Waals surface area (Å²) in [6.07, 6.45) is 0.610. The molecule has 0 atom stereocenters. The Morgan fingerprint density at radius 3 is 2.36 bits per heavy atom. The van der Waals surface area contributed by atoms with Crippen molar-refractivity contribution in [2.24, 2.45) is 0 Å². The van der Waals surface area contributed by atoms with Gasteiger partial charge in [-0.25, -0.2) is 13.5 Å². The van der Waals surface area contributed by atoms with Crippen LogP contribution in [-0.2, 0) is 0 Å². The molecule has 0 amide bonds. The molecule has 0 aliphatic rings.